The van der Waals surface area contributed by atoms with Crippen molar-refractivity contribution in [2.24, 2.45) is 40.5 Å². The summed E-state index contributed by atoms with van der Waals surface area (Å²) in [6.45, 7) is 0.298. The van der Waals surface area contributed by atoms with Crippen LogP contribution in [0, 0.1) is 29.6 Å². The Morgan fingerprint density at radius 3 is 2.50 bits per heavy atom. The van der Waals surface area contributed by atoms with Gasteiger partial charge in [-0.05, 0) is 36.5 Å². The largest absolute Gasteiger partial charge is 0.493 e. The highest BCUT2D eigenvalue weighted by Crippen LogP contribution is 2.61. The molecular formula is C21H23N3O6. The van der Waals surface area contributed by atoms with E-state index >= 15 is 0 Å². The first-order valence-electron chi connectivity index (χ1n) is 10.1. The Labute approximate surface area is 173 Å². The summed E-state index contributed by atoms with van der Waals surface area (Å²) in [7, 11) is 3.13. The predicted molar refractivity (Wildman–Crippen MR) is 104 cm³/mol. The van der Waals surface area contributed by atoms with Gasteiger partial charge in [0.2, 0.25) is 11.8 Å². The zero-order chi connectivity index (χ0) is 21.2. The van der Waals surface area contributed by atoms with Crippen molar-refractivity contribution in [3.8, 4) is 11.5 Å². The van der Waals surface area contributed by atoms with E-state index in [1.807, 2.05) is 12.1 Å². The van der Waals surface area contributed by atoms with Crippen molar-refractivity contribution < 1.29 is 28.7 Å². The van der Waals surface area contributed by atoms with Crippen molar-refractivity contribution in [3.63, 3.8) is 0 Å². The normalized spacial score (nSPS) is 33.3. The van der Waals surface area contributed by atoms with Crippen LogP contribution in [0.5, 0.6) is 11.5 Å². The van der Waals surface area contributed by atoms with Crippen molar-refractivity contribution >= 4 is 23.4 Å². The summed E-state index contributed by atoms with van der Waals surface area (Å²) in [4.78, 5) is 44.8. The third-order valence-corrected chi connectivity index (χ3v) is 7.11. The molecule has 3 amide bonds. The lowest BCUT2D eigenvalue weighted by atomic mass is 9.72. The van der Waals surface area contributed by atoms with Gasteiger partial charge in [0.25, 0.3) is 5.91 Å². The van der Waals surface area contributed by atoms with Gasteiger partial charge in [-0.25, -0.2) is 0 Å². The third-order valence-electron chi connectivity index (χ3n) is 7.11. The van der Waals surface area contributed by atoms with Crippen LogP contribution in [0.2, 0.25) is 0 Å². The molecule has 2 aliphatic carbocycles. The molecule has 1 aromatic carbocycles. The number of ether oxygens (including phenoxy) is 2. The van der Waals surface area contributed by atoms with Crippen LogP contribution in [-0.4, -0.2) is 55.2 Å². The van der Waals surface area contributed by atoms with Crippen molar-refractivity contribution in [2.45, 2.75) is 18.9 Å². The summed E-state index contributed by atoms with van der Waals surface area (Å²) in [6.07, 6.45) is 0.878. The van der Waals surface area contributed by atoms with Crippen LogP contribution in [0.1, 0.15) is 12.0 Å². The third kappa shape index (κ3) is 2.47. The smallest absolute Gasteiger partial charge is 0.266 e. The number of imide groups is 1. The Morgan fingerprint density at radius 2 is 1.83 bits per heavy atom. The SMILES string of the molecule is COc1ccc(CCN2C(=O)[C@H]3[C@@H]4C[C@@H]([C@@H]5ON=C(C(N)=O)[C@@H]45)[C@@H]3C2=O)cc1OC. The van der Waals surface area contributed by atoms with E-state index in [0.29, 0.717) is 30.9 Å². The molecule has 2 saturated carbocycles. The minimum atomic E-state index is -0.617. The number of hydrogen-bond acceptors (Lipinski definition) is 7. The molecule has 0 unspecified atom stereocenters. The first kappa shape index (κ1) is 18.9. The van der Waals surface area contributed by atoms with E-state index in [9.17, 15) is 14.4 Å². The molecule has 2 bridgehead atoms. The molecule has 0 spiro atoms. The molecule has 2 heterocycles. The fourth-order valence-electron chi connectivity index (χ4n) is 5.89. The molecule has 5 rings (SSSR count). The summed E-state index contributed by atoms with van der Waals surface area (Å²) in [5, 5.41) is 3.85. The molecule has 9 nitrogen and oxygen atoms in total. The number of nitrogens with zero attached hydrogens (tertiary/aromatic N) is 2. The summed E-state index contributed by atoms with van der Waals surface area (Å²) >= 11 is 0. The van der Waals surface area contributed by atoms with Crippen molar-refractivity contribution in [2.75, 3.05) is 20.8 Å². The summed E-state index contributed by atoms with van der Waals surface area (Å²) in [5.41, 5.74) is 6.58. The molecule has 0 radical (unpaired) electrons. The maximum Gasteiger partial charge on any atom is 0.266 e. The number of likely N-dealkylation sites (tertiary alicyclic amines) is 1. The van der Waals surface area contributed by atoms with Crippen LogP contribution in [0.3, 0.4) is 0 Å². The molecular weight excluding hydrogens is 390 g/mol. The van der Waals surface area contributed by atoms with Crippen LogP contribution >= 0.6 is 0 Å². The Hall–Kier alpha value is -3.10. The van der Waals surface area contributed by atoms with E-state index in [1.54, 1.807) is 20.3 Å². The fourth-order valence-corrected chi connectivity index (χ4v) is 5.89. The maximum absolute atomic E-state index is 13.2. The van der Waals surface area contributed by atoms with Gasteiger partial charge in [-0.3, -0.25) is 19.3 Å². The van der Waals surface area contributed by atoms with Gasteiger partial charge >= 0.3 is 0 Å². The second-order valence-corrected chi connectivity index (χ2v) is 8.32. The molecule has 3 fully saturated rings. The number of hydrogen-bond donors (Lipinski definition) is 1. The van der Waals surface area contributed by atoms with Gasteiger partial charge in [-0.1, -0.05) is 11.2 Å². The number of carbonyl (C=O) groups is 3. The van der Waals surface area contributed by atoms with Gasteiger partial charge < -0.3 is 20.0 Å². The molecule has 0 aromatic heterocycles. The average Bonchev–Trinajstić information content (AvgIpc) is 3.47. The number of fused-ring (bicyclic) bond motifs is 8. The molecule has 4 aliphatic rings. The molecule has 2 aliphatic heterocycles. The topological polar surface area (TPSA) is 121 Å². The first-order valence-corrected chi connectivity index (χ1v) is 10.1. The zero-order valence-electron chi connectivity index (χ0n) is 16.7. The van der Waals surface area contributed by atoms with Crippen LogP contribution in [0.15, 0.2) is 23.4 Å². The van der Waals surface area contributed by atoms with Crippen molar-refractivity contribution in [1.82, 2.24) is 4.90 Å². The number of primary amides is 1. The lowest BCUT2D eigenvalue weighted by Gasteiger charge is -2.29. The van der Waals surface area contributed by atoms with E-state index in [2.05, 4.69) is 5.16 Å². The highest BCUT2D eigenvalue weighted by Gasteiger charge is 2.70. The zero-order valence-corrected chi connectivity index (χ0v) is 16.7. The summed E-state index contributed by atoms with van der Waals surface area (Å²) < 4.78 is 10.6. The Morgan fingerprint density at radius 1 is 1.13 bits per heavy atom. The van der Waals surface area contributed by atoms with E-state index < -0.39 is 17.7 Å². The second-order valence-electron chi connectivity index (χ2n) is 8.32. The van der Waals surface area contributed by atoms with Gasteiger partial charge in [0.15, 0.2) is 17.2 Å². The Kier molecular flexibility index (Phi) is 4.23. The van der Waals surface area contributed by atoms with Crippen LogP contribution in [0.25, 0.3) is 0 Å². The lowest BCUT2D eigenvalue weighted by molar-refractivity contribution is -0.141. The number of amides is 3. The average molecular weight is 413 g/mol. The highest BCUT2D eigenvalue weighted by molar-refractivity contribution is 6.39. The van der Waals surface area contributed by atoms with Crippen molar-refractivity contribution in [1.29, 1.82) is 0 Å². The van der Waals surface area contributed by atoms with Gasteiger partial charge in [-0.2, -0.15) is 0 Å². The summed E-state index contributed by atoms with van der Waals surface area (Å²) in [5.74, 6) is -1.01. The van der Waals surface area contributed by atoms with E-state index in [0.717, 1.165) is 5.56 Å². The minimum absolute atomic E-state index is 0.104. The number of methoxy groups -OCH3 is 2. The van der Waals surface area contributed by atoms with Crippen LogP contribution < -0.4 is 15.2 Å². The van der Waals surface area contributed by atoms with Gasteiger partial charge in [-0.15, -0.1) is 0 Å². The fraction of sp³-hybridized carbons (Fsp3) is 0.524. The maximum atomic E-state index is 13.2. The predicted octanol–water partition coefficient (Wildman–Crippen LogP) is 0.354. The molecule has 6 atom stereocenters. The molecule has 2 N–H and O–H groups in total. The van der Waals surface area contributed by atoms with E-state index in [4.69, 9.17) is 20.0 Å². The van der Waals surface area contributed by atoms with E-state index in [-0.39, 0.29) is 41.4 Å². The van der Waals surface area contributed by atoms with Gasteiger partial charge in [0, 0.05) is 12.5 Å². The van der Waals surface area contributed by atoms with Gasteiger partial charge in [0.05, 0.1) is 32.0 Å². The lowest BCUT2D eigenvalue weighted by Crippen LogP contribution is -2.43. The molecule has 30 heavy (non-hydrogen) atoms. The first-order chi connectivity index (χ1) is 14.5. The van der Waals surface area contributed by atoms with E-state index in [1.165, 1.54) is 4.90 Å². The van der Waals surface area contributed by atoms with Gasteiger partial charge in [0.1, 0.15) is 6.10 Å². The van der Waals surface area contributed by atoms with Crippen molar-refractivity contribution in [3.05, 3.63) is 23.8 Å². The molecule has 1 saturated heterocycles. The highest BCUT2D eigenvalue weighted by atomic mass is 16.6. The molecule has 9 heteroatoms. The van der Waals surface area contributed by atoms with Crippen LogP contribution in [-0.2, 0) is 25.6 Å². The number of oxime groups is 1. The quantitative estimate of drug-likeness (QED) is 0.672. The molecule has 1 aromatic rings. The Balaban J connectivity index is 1.33. The Bertz CT molecular complexity index is 975. The minimum Gasteiger partial charge on any atom is -0.493 e. The number of carbonyl (C=O) groups excluding carboxylic acids is 3. The van der Waals surface area contributed by atoms with Crippen LogP contribution in [0.4, 0.5) is 0 Å². The standard InChI is InChI=1S/C21H23N3O6/c1-28-12-4-3-9(7-13(12)29-2)5-6-24-20(26)14-10-8-11(15(14)21(24)27)18-16(10)17(19(22)25)23-30-18/h3-4,7,10-11,14-16,18H,5-6,8H2,1-2H3,(H2,22,25)/t10-,11+,14-,15-,16+,18-/m0/s1. The number of nitrogens with two attached hydrogens (primary N) is 1. The number of benzene rings is 1. The summed E-state index contributed by atoms with van der Waals surface area (Å²) in [6, 6.07) is 5.55. The monoisotopic (exact) mass is 413 g/mol. The molecule has 158 valence electrons. The second kappa shape index (κ2) is 6.72. The number of rotatable bonds is 6.